The maximum atomic E-state index is 11.8. The number of nitrogens with zero attached hydrogens (tertiary/aromatic N) is 1. The van der Waals surface area contributed by atoms with Crippen molar-refractivity contribution in [3.05, 3.63) is 0 Å². The largest absolute Gasteiger partial charge is 0.468 e. The number of ether oxygens (including phenoxy) is 1. The number of esters is 1. The summed E-state index contributed by atoms with van der Waals surface area (Å²) < 4.78 is 4.89. The molecule has 0 fully saturated rings. The standard InChI is InChI=1S/C13H28N2O2/c1-7-9-15(5)11(3)10-13(4,14-8-2)12(16)17-6/h11,14H,7-10H2,1-6H3. The second kappa shape index (κ2) is 7.67. The lowest BCUT2D eigenvalue weighted by Crippen LogP contribution is -2.53. The molecule has 0 radical (unpaired) electrons. The molecule has 0 amide bonds. The minimum atomic E-state index is -0.592. The van der Waals surface area contributed by atoms with Crippen molar-refractivity contribution in [1.82, 2.24) is 10.2 Å². The molecule has 1 N–H and O–H groups in total. The van der Waals surface area contributed by atoms with Gasteiger partial charge >= 0.3 is 5.97 Å². The summed E-state index contributed by atoms with van der Waals surface area (Å²) in [6.45, 7) is 10.0. The topological polar surface area (TPSA) is 41.6 Å². The fourth-order valence-corrected chi connectivity index (χ4v) is 2.16. The first-order valence-corrected chi connectivity index (χ1v) is 6.45. The van der Waals surface area contributed by atoms with Crippen LogP contribution in [0.5, 0.6) is 0 Å². The number of carbonyl (C=O) groups is 1. The van der Waals surface area contributed by atoms with Gasteiger partial charge < -0.3 is 15.0 Å². The summed E-state index contributed by atoms with van der Waals surface area (Å²) in [6, 6.07) is 0.345. The van der Waals surface area contributed by atoms with Gasteiger partial charge in [-0.15, -0.1) is 0 Å². The molecule has 0 saturated heterocycles. The molecule has 0 aromatic carbocycles. The first kappa shape index (κ1) is 16.4. The van der Waals surface area contributed by atoms with Crippen LogP contribution in [0.3, 0.4) is 0 Å². The third-order valence-corrected chi connectivity index (χ3v) is 3.24. The van der Waals surface area contributed by atoms with E-state index in [1.54, 1.807) is 0 Å². The summed E-state index contributed by atoms with van der Waals surface area (Å²) in [5.74, 6) is -0.184. The molecule has 0 rings (SSSR count). The first-order chi connectivity index (χ1) is 7.91. The number of carbonyl (C=O) groups excluding carboxylic acids is 1. The van der Waals surface area contributed by atoms with Gasteiger partial charge in [-0.3, -0.25) is 4.79 Å². The fourth-order valence-electron chi connectivity index (χ4n) is 2.16. The average molecular weight is 244 g/mol. The van der Waals surface area contributed by atoms with Gasteiger partial charge in [0.1, 0.15) is 5.54 Å². The summed E-state index contributed by atoms with van der Waals surface area (Å²) in [7, 11) is 3.54. The van der Waals surface area contributed by atoms with Crippen LogP contribution in [0.15, 0.2) is 0 Å². The lowest BCUT2D eigenvalue weighted by atomic mass is 9.93. The van der Waals surface area contributed by atoms with E-state index in [0.29, 0.717) is 6.04 Å². The Morgan fingerprint density at radius 1 is 1.47 bits per heavy atom. The molecular weight excluding hydrogens is 216 g/mol. The van der Waals surface area contributed by atoms with E-state index >= 15 is 0 Å². The quantitative estimate of drug-likeness (QED) is 0.659. The number of rotatable bonds is 8. The Morgan fingerprint density at radius 2 is 2.06 bits per heavy atom. The zero-order valence-corrected chi connectivity index (χ0v) is 12.2. The molecule has 4 nitrogen and oxygen atoms in total. The fraction of sp³-hybridized carbons (Fsp3) is 0.923. The molecule has 0 aliphatic heterocycles. The Kier molecular flexibility index (Phi) is 7.39. The van der Waals surface area contributed by atoms with Crippen LogP contribution in [0.2, 0.25) is 0 Å². The Bertz CT molecular complexity index is 233. The normalized spacial score (nSPS) is 16.6. The van der Waals surface area contributed by atoms with Crippen LogP contribution in [0.1, 0.15) is 40.5 Å². The molecule has 0 heterocycles. The van der Waals surface area contributed by atoms with Gasteiger partial charge in [-0.1, -0.05) is 13.8 Å². The highest BCUT2D eigenvalue weighted by Crippen LogP contribution is 2.17. The summed E-state index contributed by atoms with van der Waals surface area (Å²) in [5.41, 5.74) is -0.592. The van der Waals surface area contributed by atoms with Gasteiger partial charge in [-0.05, 0) is 46.8 Å². The predicted octanol–water partition coefficient (Wildman–Crippen LogP) is 1.65. The first-order valence-electron chi connectivity index (χ1n) is 6.45. The summed E-state index contributed by atoms with van der Waals surface area (Å²) in [5, 5.41) is 3.24. The number of likely N-dealkylation sites (N-methyl/N-ethyl adjacent to an activating group) is 1. The van der Waals surface area contributed by atoms with Crippen molar-refractivity contribution in [3.8, 4) is 0 Å². The van der Waals surface area contributed by atoms with E-state index < -0.39 is 5.54 Å². The third kappa shape index (κ3) is 5.04. The van der Waals surface area contributed by atoms with Crippen molar-refractivity contribution >= 4 is 5.97 Å². The molecule has 0 aliphatic rings. The van der Waals surface area contributed by atoms with Crippen LogP contribution in [-0.4, -0.2) is 49.7 Å². The van der Waals surface area contributed by atoms with Crippen molar-refractivity contribution in [3.63, 3.8) is 0 Å². The lowest BCUT2D eigenvalue weighted by molar-refractivity contribution is -0.148. The second-order valence-electron chi connectivity index (χ2n) is 4.89. The zero-order valence-electron chi connectivity index (χ0n) is 12.2. The molecule has 0 aromatic heterocycles. The van der Waals surface area contributed by atoms with E-state index in [-0.39, 0.29) is 5.97 Å². The van der Waals surface area contributed by atoms with E-state index in [9.17, 15) is 4.79 Å². The lowest BCUT2D eigenvalue weighted by Gasteiger charge is -2.34. The van der Waals surface area contributed by atoms with Gasteiger partial charge in [0.15, 0.2) is 0 Å². The number of hydrogen-bond acceptors (Lipinski definition) is 4. The molecule has 102 valence electrons. The molecule has 2 atom stereocenters. The highest BCUT2D eigenvalue weighted by atomic mass is 16.5. The van der Waals surface area contributed by atoms with Crippen LogP contribution >= 0.6 is 0 Å². The van der Waals surface area contributed by atoms with E-state index in [4.69, 9.17) is 4.74 Å². The van der Waals surface area contributed by atoms with E-state index in [1.807, 2.05) is 13.8 Å². The van der Waals surface area contributed by atoms with Crippen molar-refractivity contribution in [2.75, 3.05) is 27.2 Å². The minimum absolute atomic E-state index is 0.184. The molecule has 0 spiro atoms. The molecule has 4 heteroatoms. The zero-order chi connectivity index (χ0) is 13.5. The van der Waals surface area contributed by atoms with Crippen molar-refractivity contribution in [2.24, 2.45) is 0 Å². The molecular formula is C13H28N2O2. The Morgan fingerprint density at radius 3 is 2.47 bits per heavy atom. The average Bonchev–Trinajstić information content (AvgIpc) is 2.28. The monoisotopic (exact) mass is 244 g/mol. The molecule has 0 saturated carbocycles. The molecule has 0 bridgehead atoms. The van der Waals surface area contributed by atoms with Crippen molar-refractivity contribution in [2.45, 2.75) is 52.1 Å². The maximum Gasteiger partial charge on any atom is 0.325 e. The van der Waals surface area contributed by atoms with Crippen LogP contribution in [0.4, 0.5) is 0 Å². The molecule has 2 unspecified atom stereocenters. The van der Waals surface area contributed by atoms with Crippen LogP contribution < -0.4 is 5.32 Å². The summed E-state index contributed by atoms with van der Waals surface area (Å²) in [4.78, 5) is 14.1. The number of methoxy groups -OCH3 is 1. The van der Waals surface area contributed by atoms with Gasteiger partial charge in [0.05, 0.1) is 7.11 Å². The minimum Gasteiger partial charge on any atom is -0.468 e. The van der Waals surface area contributed by atoms with Gasteiger partial charge in [-0.2, -0.15) is 0 Å². The van der Waals surface area contributed by atoms with E-state index in [1.165, 1.54) is 7.11 Å². The van der Waals surface area contributed by atoms with Crippen LogP contribution in [0.25, 0.3) is 0 Å². The Hall–Kier alpha value is -0.610. The van der Waals surface area contributed by atoms with Crippen molar-refractivity contribution < 1.29 is 9.53 Å². The third-order valence-electron chi connectivity index (χ3n) is 3.24. The second-order valence-corrected chi connectivity index (χ2v) is 4.89. The van der Waals surface area contributed by atoms with Gasteiger partial charge in [0, 0.05) is 6.04 Å². The van der Waals surface area contributed by atoms with Gasteiger partial charge in [-0.25, -0.2) is 0 Å². The van der Waals surface area contributed by atoms with Crippen LogP contribution in [-0.2, 0) is 9.53 Å². The van der Waals surface area contributed by atoms with Crippen molar-refractivity contribution in [1.29, 1.82) is 0 Å². The Balaban J connectivity index is 4.58. The maximum absolute atomic E-state index is 11.8. The SMILES string of the molecule is CCCN(C)C(C)CC(C)(NCC)C(=O)OC. The predicted molar refractivity (Wildman–Crippen MR) is 71.1 cm³/mol. The Labute approximate surface area is 106 Å². The molecule has 17 heavy (non-hydrogen) atoms. The highest BCUT2D eigenvalue weighted by Gasteiger charge is 2.35. The smallest absolute Gasteiger partial charge is 0.325 e. The highest BCUT2D eigenvalue weighted by molar-refractivity contribution is 5.80. The molecule has 0 aliphatic carbocycles. The van der Waals surface area contributed by atoms with E-state index in [2.05, 4.69) is 31.1 Å². The van der Waals surface area contributed by atoms with Crippen LogP contribution in [0, 0.1) is 0 Å². The van der Waals surface area contributed by atoms with E-state index in [0.717, 1.165) is 25.9 Å². The molecule has 0 aromatic rings. The number of hydrogen-bond donors (Lipinski definition) is 1. The summed E-state index contributed by atoms with van der Waals surface area (Å²) in [6.07, 6.45) is 1.88. The summed E-state index contributed by atoms with van der Waals surface area (Å²) >= 11 is 0. The van der Waals surface area contributed by atoms with Gasteiger partial charge in [0.25, 0.3) is 0 Å². The van der Waals surface area contributed by atoms with Gasteiger partial charge in [0.2, 0.25) is 0 Å². The number of nitrogens with one attached hydrogen (secondary N) is 1.